The molecule has 2 aromatic rings. The van der Waals surface area contributed by atoms with Gasteiger partial charge in [0.25, 0.3) is 0 Å². The minimum absolute atomic E-state index is 0.498. The molecule has 110 valence electrons. The van der Waals surface area contributed by atoms with Gasteiger partial charge in [0.2, 0.25) is 0 Å². The van der Waals surface area contributed by atoms with Crippen LogP contribution in [0.2, 0.25) is 0 Å². The van der Waals surface area contributed by atoms with Crippen molar-refractivity contribution in [1.82, 2.24) is 0 Å². The van der Waals surface area contributed by atoms with Crippen molar-refractivity contribution < 1.29 is 14.6 Å². The number of benzene rings is 2. The molecule has 21 heavy (non-hydrogen) atoms. The fraction of sp³-hybridized carbons (Fsp3) is 0.333. The summed E-state index contributed by atoms with van der Waals surface area (Å²) in [5.74, 6) is 1.80. The molecule has 0 bridgehead atoms. The van der Waals surface area contributed by atoms with Gasteiger partial charge in [-0.15, -0.1) is 0 Å². The Morgan fingerprint density at radius 3 is 3.00 bits per heavy atom. The summed E-state index contributed by atoms with van der Waals surface area (Å²) in [6, 6.07) is 13.9. The number of ether oxygens (including phenoxy) is 2. The van der Waals surface area contributed by atoms with Gasteiger partial charge in [-0.05, 0) is 47.9 Å². The molecule has 3 heteroatoms. The van der Waals surface area contributed by atoms with Crippen LogP contribution in [-0.2, 0) is 6.42 Å². The molecule has 0 aliphatic carbocycles. The van der Waals surface area contributed by atoms with E-state index in [4.69, 9.17) is 9.47 Å². The zero-order valence-electron chi connectivity index (χ0n) is 12.2. The van der Waals surface area contributed by atoms with Crippen LogP contribution in [0.3, 0.4) is 0 Å². The predicted octanol–water partition coefficient (Wildman–Crippen LogP) is 3.43. The molecule has 1 N–H and O–H groups in total. The van der Waals surface area contributed by atoms with E-state index in [1.807, 2.05) is 49.4 Å². The molecule has 1 aliphatic rings. The minimum Gasteiger partial charge on any atom is -0.493 e. The van der Waals surface area contributed by atoms with Crippen molar-refractivity contribution >= 4 is 0 Å². The summed E-state index contributed by atoms with van der Waals surface area (Å²) in [6.45, 7) is 3.28. The summed E-state index contributed by atoms with van der Waals surface area (Å²) in [5.41, 5.74) is 3.30. The molecule has 2 aromatic carbocycles. The zero-order chi connectivity index (χ0) is 14.7. The molecule has 0 aromatic heterocycles. The van der Waals surface area contributed by atoms with Crippen LogP contribution in [-0.4, -0.2) is 18.3 Å². The highest BCUT2D eigenvalue weighted by Gasteiger charge is 2.15. The first-order valence-corrected chi connectivity index (χ1v) is 7.35. The highest BCUT2D eigenvalue weighted by atomic mass is 16.5. The fourth-order valence-electron chi connectivity index (χ4n) is 2.57. The Kier molecular flexibility index (Phi) is 4.11. The number of aliphatic hydroxyl groups is 1. The lowest BCUT2D eigenvalue weighted by molar-refractivity contribution is 0.140. The van der Waals surface area contributed by atoms with Gasteiger partial charge in [0.15, 0.2) is 0 Å². The average molecular weight is 284 g/mol. The van der Waals surface area contributed by atoms with Gasteiger partial charge in [0, 0.05) is 12.8 Å². The van der Waals surface area contributed by atoms with E-state index in [1.165, 1.54) is 11.1 Å². The van der Waals surface area contributed by atoms with Crippen LogP contribution < -0.4 is 9.47 Å². The number of aryl methyl sites for hydroxylation is 1. The normalized spacial score (nSPS) is 14.4. The summed E-state index contributed by atoms with van der Waals surface area (Å²) in [6.07, 6.45) is 1.00. The van der Waals surface area contributed by atoms with E-state index < -0.39 is 6.10 Å². The van der Waals surface area contributed by atoms with E-state index in [9.17, 15) is 5.11 Å². The van der Waals surface area contributed by atoms with Crippen molar-refractivity contribution in [2.75, 3.05) is 13.2 Å². The number of hydrogen-bond acceptors (Lipinski definition) is 3. The molecule has 3 rings (SSSR count). The Hall–Kier alpha value is -2.00. The van der Waals surface area contributed by atoms with Crippen LogP contribution in [0, 0.1) is 6.92 Å². The van der Waals surface area contributed by atoms with Crippen molar-refractivity contribution in [2.24, 2.45) is 0 Å². The van der Waals surface area contributed by atoms with Crippen molar-refractivity contribution in [3.8, 4) is 11.5 Å². The molecular formula is C18H20O3. The van der Waals surface area contributed by atoms with E-state index in [0.717, 1.165) is 30.1 Å². The van der Waals surface area contributed by atoms with Gasteiger partial charge in [-0.3, -0.25) is 0 Å². The minimum atomic E-state index is -0.499. The first-order chi connectivity index (χ1) is 10.2. The van der Waals surface area contributed by atoms with Crippen LogP contribution in [0.15, 0.2) is 42.5 Å². The number of fused-ring (bicyclic) bond motifs is 1. The number of aliphatic hydroxyl groups excluding tert-OH is 1. The first kappa shape index (κ1) is 14.0. The predicted molar refractivity (Wildman–Crippen MR) is 81.9 cm³/mol. The van der Waals surface area contributed by atoms with Crippen LogP contribution in [0.1, 0.15) is 29.2 Å². The topological polar surface area (TPSA) is 38.7 Å². The Morgan fingerprint density at radius 2 is 2.14 bits per heavy atom. The number of hydrogen-bond donors (Lipinski definition) is 1. The van der Waals surface area contributed by atoms with Gasteiger partial charge in [-0.2, -0.15) is 0 Å². The molecule has 3 nitrogen and oxygen atoms in total. The van der Waals surface area contributed by atoms with Crippen molar-refractivity contribution in [3.05, 3.63) is 59.2 Å². The fourth-order valence-corrected chi connectivity index (χ4v) is 2.57. The third-order valence-electron chi connectivity index (χ3n) is 3.75. The lowest BCUT2D eigenvalue weighted by Gasteiger charge is -2.13. The van der Waals surface area contributed by atoms with Crippen LogP contribution in [0.25, 0.3) is 0 Å². The maximum atomic E-state index is 10.3. The van der Waals surface area contributed by atoms with Gasteiger partial charge in [-0.25, -0.2) is 0 Å². The molecule has 1 heterocycles. The molecule has 0 spiro atoms. The highest BCUT2D eigenvalue weighted by molar-refractivity contribution is 5.40. The summed E-state index contributed by atoms with van der Waals surface area (Å²) in [5, 5.41) is 10.3. The second-order valence-corrected chi connectivity index (χ2v) is 5.44. The van der Waals surface area contributed by atoms with Gasteiger partial charge in [0.1, 0.15) is 11.5 Å². The summed E-state index contributed by atoms with van der Waals surface area (Å²) in [7, 11) is 0. The Morgan fingerprint density at radius 1 is 1.24 bits per heavy atom. The smallest absolute Gasteiger partial charge is 0.122 e. The van der Waals surface area contributed by atoms with E-state index in [1.54, 1.807) is 0 Å². The number of rotatable bonds is 5. The molecular weight excluding hydrogens is 264 g/mol. The van der Waals surface area contributed by atoms with Crippen LogP contribution in [0.5, 0.6) is 11.5 Å². The van der Waals surface area contributed by atoms with Gasteiger partial charge in [0.05, 0.1) is 19.3 Å². The van der Waals surface area contributed by atoms with E-state index in [-0.39, 0.29) is 0 Å². The molecule has 0 fully saturated rings. The highest BCUT2D eigenvalue weighted by Crippen LogP contribution is 2.29. The lowest BCUT2D eigenvalue weighted by atomic mass is 10.0. The SMILES string of the molecule is Cc1cccc(OCCC(O)c2ccc3c(c2)CCO3)c1. The van der Waals surface area contributed by atoms with Gasteiger partial charge < -0.3 is 14.6 Å². The monoisotopic (exact) mass is 284 g/mol. The second kappa shape index (κ2) is 6.19. The maximum absolute atomic E-state index is 10.3. The lowest BCUT2D eigenvalue weighted by Crippen LogP contribution is -2.05. The molecule has 0 radical (unpaired) electrons. The van der Waals surface area contributed by atoms with Gasteiger partial charge in [-0.1, -0.05) is 18.2 Å². The van der Waals surface area contributed by atoms with E-state index in [2.05, 4.69) is 0 Å². The Labute approximate surface area is 125 Å². The largest absolute Gasteiger partial charge is 0.493 e. The third kappa shape index (κ3) is 3.37. The Bertz CT molecular complexity index is 622. The second-order valence-electron chi connectivity index (χ2n) is 5.44. The Balaban J connectivity index is 1.55. The average Bonchev–Trinajstić information content (AvgIpc) is 2.94. The standard InChI is InChI=1S/C18H20O3/c1-13-3-2-4-16(11-13)20-10-8-17(19)14-5-6-18-15(12-14)7-9-21-18/h2-6,11-12,17,19H,7-10H2,1H3. The maximum Gasteiger partial charge on any atom is 0.122 e. The zero-order valence-corrected chi connectivity index (χ0v) is 12.2. The third-order valence-corrected chi connectivity index (χ3v) is 3.75. The molecule has 0 amide bonds. The molecule has 1 aliphatic heterocycles. The van der Waals surface area contributed by atoms with Crippen molar-refractivity contribution in [3.63, 3.8) is 0 Å². The van der Waals surface area contributed by atoms with E-state index >= 15 is 0 Å². The van der Waals surface area contributed by atoms with E-state index in [0.29, 0.717) is 13.0 Å². The summed E-state index contributed by atoms with van der Waals surface area (Å²) >= 11 is 0. The van der Waals surface area contributed by atoms with Crippen LogP contribution in [0.4, 0.5) is 0 Å². The summed E-state index contributed by atoms with van der Waals surface area (Å²) < 4.78 is 11.2. The van der Waals surface area contributed by atoms with Crippen molar-refractivity contribution in [2.45, 2.75) is 25.9 Å². The molecule has 1 unspecified atom stereocenters. The van der Waals surface area contributed by atoms with Gasteiger partial charge >= 0.3 is 0 Å². The molecule has 0 saturated heterocycles. The first-order valence-electron chi connectivity index (χ1n) is 7.35. The summed E-state index contributed by atoms with van der Waals surface area (Å²) in [4.78, 5) is 0. The van der Waals surface area contributed by atoms with Crippen LogP contribution >= 0.6 is 0 Å². The molecule has 0 saturated carbocycles. The molecule has 1 atom stereocenters. The quantitative estimate of drug-likeness (QED) is 0.914. The van der Waals surface area contributed by atoms with Crippen molar-refractivity contribution in [1.29, 1.82) is 0 Å².